The fraction of sp³-hybridized carbons (Fsp3) is 0.938. The summed E-state index contributed by atoms with van der Waals surface area (Å²) < 4.78 is 42.1. The summed E-state index contributed by atoms with van der Waals surface area (Å²) in [6, 6.07) is 0. The SMILES string of the molecule is CS(=O)(=O)N(CCN1CCOCC1)CC(=O)N1CCC2(CC1)OCCO2. The van der Waals surface area contributed by atoms with Gasteiger partial charge < -0.3 is 19.1 Å². The predicted molar refractivity (Wildman–Crippen MR) is 94.1 cm³/mol. The summed E-state index contributed by atoms with van der Waals surface area (Å²) in [7, 11) is -3.44. The van der Waals surface area contributed by atoms with Crippen LogP contribution < -0.4 is 0 Å². The Bertz CT molecular complexity index is 577. The van der Waals surface area contributed by atoms with Crippen molar-refractivity contribution in [1.82, 2.24) is 14.1 Å². The van der Waals surface area contributed by atoms with E-state index in [0.29, 0.717) is 65.4 Å². The molecular weight excluding hydrogens is 362 g/mol. The zero-order valence-corrected chi connectivity index (χ0v) is 16.2. The van der Waals surface area contributed by atoms with E-state index in [-0.39, 0.29) is 12.5 Å². The van der Waals surface area contributed by atoms with Crippen LogP contribution in [0.5, 0.6) is 0 Å². The van der Waals surface area contributed by atoms with Gasteiger partial charge in [-0.3, -0.25) is 9.69 Å². The molecule has 3 fully saturated rings. The minimum atomic E-state index is -3.44. The number of rotatable bonds is 6. The molecule has 3 saturated heterocycles. The van der Waals surface area contributed by atoms with E-state index in [0.717, 1.165) is 19.3 Å². The number of ether oxygens (including phenoxy) is 3. The van der Waals surface area contributed by atoms with Gasteiger partial charge in [0.05, 0.1) is 39.2 Å². The summed E-state index contributed by atoms with van der Waals surface area (Å²) in [5, 5.41) is 0. The van der Waals surface area contributed by atoms with E-state index >= 15 is 0 Å². The van der Waals surface area contributed by atoms with E-state index in [1.165, 1.54) is 4.31 Å². The Kier molecular flexibility index (Phi) is 6.52. The maximum Gasteiger partial charge on any atom is 0.237 e. The van der Waals surface area contributed by atoms with E-state index in [9.17, 15) is 13.2 Å². The highest BCUT2D eigenvalue weighted by molar-refractivity contribution is 7.88. The van der Waals surface area contributed by atoms with Gasteiger partial charge in [0.1, 0.15) is 0 Å². The van der Waals surface area contributed by atoms with E-state index < -0.39 is 15.8 Å². The number of hydrogen-bond donors (Lipinski definition) is 0. The van der Waals surface area contributed by atoms with Gasteiger partial charge in [0.25, 0.3) is 0 Å². The normalized spacial score (nSPS) is 24.5. The first-order valence-electron chi connectivity index (χ1n) is 9.19. The molecule has 0 aromatic rings. The second-order valence-corrected chi connectivity index (χ2v) is 9.02. The van der Waals surface area contributed by atoms with Crippen molar-refractivity contribution >= 4 is 15.9 Å². The van der Waals surface area contributed by atoms with Crippen LogP contribution in [0.1, 0.15) is 12.8 Å². The van der Waals surface area contributed by atoms with Crippen LogP contribution in [0.2, 0.25) is 0 Å². The van der Waals surface area contributed by atoms with E-state index in [4.69, 9.17) is 14.2 Å². The van der Waals surface area contributed by atoms with Crippen molar-refractivity contribution in [2.45, 2.75) is 18.6 Å². The fourth-order valence-corrected chi connectivity index (χ4v) is 4.33. The molecule has 3 heterocycles. The summed E-state index contributed by atoms with van der Waals surface area (Å²) in [5.74, 6) is -0.700. The molecule has 3 aliphatic heterocycles. The lowest BCUT2D eigenvalue weighted by molar-refractivity contribution is -0.187. The second-order valence-electron chi connectivity index (χ2n) is 7.04. The Morgan fingerprint density at radius 3 is 2.23 bits per heavy atom. The van der Waals surface area contributed by atoms with Crippen LogP contribution in [0.15, 0.2) is 0 Å². The Morgan fingerprint density at radius 2 is 1.65 bits per heavy atom. The van der Waals surface area contributed by atoms with Crippen molar-refractivity contribution in [2.75, 3.05) is 78.5 Å². The molecule has 0 N–H and O–H groups in total. The van der Waals surface area contributed by atoms with E-state index in [1.54, 1.807) is 4.90 Å². The number of morpholine rings is 1. The topological polar surface area (TPSA) is 88.6 Å². The quantitative estimate of drug-likeness (QED) is 0.571. The number of carbonyl (C=O) groups excluding carboxylic acids is 1. The molecule has 0 saturated carbocycles. The second kappa shape index (κ2) is 8.49. The van der Waals surface area contributed by atoms with Gasteiger partial charge in [0.2, 0.25) is 15.9 Å². The Balaban J connectivity index is 1.50. The standard InChI is InChI=1S/C16H29N3O6S/c1-26(21,22)19(7-6-17-8-10-23-11-9-17)14-15(20)18-4-2-16(3-5-18)24-12-13-25-16/h2-14H2,1H3. The van der Waals surface area contributed by atoms with E-state index in [1.807, 2.05) is 0 Å². The maximum absolute atomic E-state index is 12.6. The predicted octanol–water partition coefficient (Wildman–Crippen LogP) is -1.05. The van der Waals surface area contributed by atoms with Gasteiger partial charge in [-0.05, 0) is 0 Å². The van der Waals surface area contributed by atoms with Crippen molar-refractivity contribution in [2.24, 2.45) is 0 Å². The third kappa shape index (κ3) is 5.14. The molecule has 1 spiro atoms. The fourth-order valence-electron chi connectivity index (χ4n) is 3.57. The molecule has 3 aliphatic rings. The molecule has 0 atom stereocenters. The lowest BCUT2D eigenvalue weighted by atomic mass is 10.0. The number of sulfonamides is 1. The maximum atomic E-state index is 12.6. The lowest BCUT2D eigenvalue weighted by Gasteiger charge is -2.38. The molecule has 9 nitrogen and oxygen atoms in total. The van der Waals surface area contributed by atoms with Crippen LogP contribution in [0.25, 0.3) is 0 Å². The number of carbonyl (C=O) groups is 1. The van der Waals surface area contributed by atoms with Gasteiger partial charge in [-0.25, -0.2) is 8.42 Å². The van der Waals surface area contributed by atoms with Gasteiger partial charge in [-0.1, -0.05) is 0 Å². The van der Waals surface area contributed by atoms with Gasteiger partial charge in [-0.2, -0.15) is 4.31 Å². The zero-order chi connectivity index (χ0) is 18.6. The summed E-state index contributed by atoms with van der Waals surface area (Å²) in [4.78, 5) is 16.5. The summed E-state index contributed by atoms with van der Waals surface area (Å²) in [5.41, 5.74) is 0. The molecule has 0 unspecified atom stereocenters. The van der Waals surface area contributed by atoms with Crippen LogP contribution >= 0.6 is 0 Å². The third-order valence-corrected chi connectivity index (χ3v) is 6.49. The number of hydrogen-bond acceptors (Lipinski definition) is 7. The highest BCUT2D eigenvalue weighted by atomic mass is 32.2. The van der Waals surface area contributed by atoms with E-state index in [2.05, 4.69) is 4.90 Å². The number of amides is 1. The van der Waals surface area contributed by atoms with Crippen LogP contribution in [0.3, 0.4) is 0 Å². The average Bonchev–Trinajstić information content (AvgIpc) is 3.07. The first kappa shape index (κ1) is 20.0. The highest BCUT2D eigenvalue weighted by Gasteiger charge is 2.41. The third-order valence-electron chi connectivity index (χ3n) is 5.24. The minimum absolute atomic E-state index is 0.113. The smallest absolute Gasteiger partial charge is 0.237 e. The molecule has 0 bridgehead atoms. The van der Waals surface area contributed by atoms with Crippen molar-refractivity contribution < 1.29 is 27.4 Å². The Labute approximate surface area is 155 Å². The van der Waals surface area contributed by atoms with Crippen molar-refractivity contribution in [1.29, 1.82) is 0 Å². The van der Waals surface area contributed by atoms with Gasteiger partial charge in [0.15, 0.2) is 5.79 Å². The average molecular weight is 391 g/mol. The number of likely N-dealkylation sites (tertiary alicyclic amines) is 1. The summed E-state index contributed by atoms with van der Waals surface area (Å²) >= 11 is 0. The van der Waals surface area contributed by atoms with Crippen molar-refractivity contribution in [3.05, 3.63) is 0 Å². The number of piperidine rings is 1. The van der Waals surface area contributed by atoms with Crippen LogP contribution in [0.4, 0.5) is 0 Å². The van der Waals surface area contributed by atoms with Gasteiger partial charge in [0, 0.05) is 52.1 Å². The summed E-state index contributed by atoms with van der Waals surface area (Å²) in [6.07, 6.45) is 2.42. The van der Waals surface area contributed by atoms with Crippen molar-refractivity contribution in [3.63, 3.8) is 0 Å². The van der Waals surface area contributed by atoms with Crippen molar-refractivity contribution in [3.8, 4) is 0 Å². The molecule has 150 valence electrons. The first-order valence-corrected chi connectivity index (χ1v) is 11.0. The minimum Gasteiger partial charge on any atom is -0.379 e. The monoisotopic (exact) mass is 391 g/mol. The molecule has 0 aromatic carbocycles. The van der Waals surface area contributed by atoms with Crippen LogP contribution in [-0.4, -0.2) is 113 Å². The molecular formula is C16H29N3O6S. The van der Waals surface area contributed by atoms with Crippen LogP contribution in [0, 0.1) is 0 Å². The molecule has 1 amide bonds. The van der Waals surface area contributed by atoms with Gasteiger partial charge in [-0.15, -0.1) is 0 Å². The largest absolute Gasteiger partial charge is 0.379 e. The highest BCUT2D eigenvalue weighted by Crippen LogP contribution is 2.31. The molecule has 0 aromatic heterocycles. The molecule has 3 rings (SSSR count). The lowest BCUT2D eigenvalue weighted by Crippen LogP contribution is -2.51. The van der Waals surface area contributed by atoms with Crippen LogP contribution in [-0.2, 0) is 29.0 Å². The number of nitrogens with zero attached hydrogens (tertiary/aromatic N) is 3. The summed E-state index contributed by atoms with van der Waals surface area (Å²) in [6.45, 7) is 5.96. The Morgan fingerprint density at radius 1 is 1.04 bits per heavy atom. The zero-order valence-electron chi connectivity index (χ0n) is 15.4. The first-order chi connectivity index (χ1) is 12.4. The molecule has 0 radical (unpaired) electrons. The molecule has 26 heavy (non-hydrogen) atoms. The molecule has 10 heteroatoms. The molecule has 0 aliphatic carbocycles. The Hall–Kier alpha value is -0.780. The van der Waals surface area contributed by atoms with Gasteiger partial charge >= 0.3 is 0 Å².